The molecule has 1 aromatic heterocycles. The molecule has 1 heterocycles. The second-order valence-electron chi connectivity index (χ2n) is 7.58. The van der Waals surface area contributed by atoms with Gasteiger partial charge in [0.2, 0.25) is 0 Å². The van der Waals surface area contributed by atoms with E-state index in [1.54, 1.807) is 72.7 Å². The van der Waals surface area contributed by atoms with E-state index in [1.165, 1.54) is 0 Å². The van der Waals surface area contributed by atoms with Gasteiger partial charge in [-0.25, -0.2) is 15.8 Å². The Hall–Kier alpha value is -3.66. The molecule has 0 spiro atoms. The molecule has 34 heavy (non-hydrogen) atoms. The normalized spacial score (nSPS) is 12.8. The Labute approximate surface area is 201 Å². The van der Waals surface area contributed by atoms with E-state index in [4.69, 9.17) is 5.84 Å². The van der Waals surface area contributed by atoms with Crippen molar-refractivity contribution in [3.63, 3.8) is 0 Å². The zero-order valence-corrected chi connectivity index (χ0v) is 19.3. The van der Waals surface area contributed by atoms with Crippen molar-refractivity contribution in [3.8, 4) is 0 Å². The number of H-pyrrole nitrogens is 1. The summed E-state index contributed by atoms with van der Waals surface area (Å²) in [7, 11) is 0. The number of aromatic nitrogens is 2. The number of hydrogen-bond acceptors (Lipinski definition) is 6. The van der Waals surface area contributed by atoms with Crippen molar-refractivity contribution in [1.29, 1.82) is 0 Å². The molecule has 4 rings (SSSR count). The molecule has 0 saturated heterocycles. The first-order valence-electron chi connectivity index (χ1n) is 10.8. The number of rotatable bonds is 8. The maximum atomic E-state index is 13.1. The summed E-state index contributed by atoms with van der Waals surface area (Å²) >= 11 is 1.68. The smallest absolute Gasteiger partial charge is 0.272 e. The average molecular weight is 476 g/mol. The highest BCUT2D eigenvalue weighted by Crippen LogP contribution is 2.24. The summed E-state index contributed by atoms with van der Waals surface area (Å²) < 4.78 is 0. The first-order valence-corrected chi connectivity index (χ1v) is 11.7. The van der Waals surface area contributed by atoms with Gasteiger partial charge in [-0.15, -0.1) is 11.8 Å². The number of nitrogens with one attached hydrogen (secondary N) is 2. The van der Waals surface area contributed by atoms with Gasteiger partial charge in [0.15, 0.2) is 6.10 Å². The Morgan fingerprint density at radius 1 is 1.12 bits per heavy atom. The van der Waals surface area contributed by atoms with Crippen LogP contribution in [0.4, 0.5) is 5.69 Å². The van der Waals surface area contributed by atoms with Crippen LogP contribution < -0.4 is 16.2 Å². The number of aliphatic hydroxyl groups is 1. The van der Waals surface area contributed by atoms with Crippen molar-refractivity contribution in [2.24, 2.45) is 5.84 Å². The number of hydrazine groups is 1. The first-order chi connectivity index (χ1) is 16.5. The lowest BCUT2D eigenvalue weighted by Crippen LogP contribution is -2.50. The molecule has 0 fully saturated rings. The molecule has 2 atom stereocenters. The number of hydrogen-bond donors (Lipinski definition) is 4. The van der Waals surface area contributed by atoms with E-state index in [0.717, 1.165) is 21.2 Å². The van der Waals surface area contributed by atoms with Gasteiger partial charge in [0.1, 0.15) is 0 Å². The summed E-state index contributed by atoms with van der Waals surface area (Å²) in [5.41, 5.74) is 2.81. The minimum absolute atomic E-state index is 0.378. The van der Waals surface area contributed by atoms with Crippen LogP contribution in [0.15, 0.2) is 84.0 Å². The van der Waals surface area contributed by atoms with Crippen LogP contribution in [0.1, 0.15) is 28.9 Å². The number of thioether (sulfide) groups is 1. The van der Waals surface area contributed by atoms with E-state index in [2.05, 4.69) is 22.2 Å². The van der Waals surface area contributed by atoms with Crippen molar-refractivity contribution in [2.45, 2.75) is 24.0 Å². The topological polar surface area (TPSA) is 124 Å². The van der Waals surface area contributed by atoms with Crippen LogP contribution in [0.2, 0.25) is 0 Å². The number of fused-ring (bicyclic) bond motifs is 1. The molecular weight excluding hydrogens is 450 g/mol. The van der Waals surface area contributed by atoms with Crippen LogP contribution in [0.25, 0.3) is 11.0 Å². The Bertz CT molecular complexity index is 1280. The molecule has 5 N–H and O–H groups in total. The third-order valence-electron chi connectivity index (χ3n) is 5.36. The molecule has 0 radical (unpaired) electrons. The van der Waals surface area contributed by atoms with Gasteiger partial charge in [-0.05, 0) is 53.8 Å². The van der Waals surface area contributed by atoms with Crippen molar-refractivity contribution in [1.82, 2.24) is 15.3 Å². The third-order valence-corrected chi connectivity index (χ3v) is 6.26. The highest BCUT2D eigenvalue weighted by atomic mass is 32.2. The first kappa shape index (κ1) is 23.5. The SMILES string of the molecule is CCSc1ccc(C(=O)NC(c2ccccc2)C(O)C(=O)N(N)c2ccc3nc[nH]c3c2)cc1. The number of nitrogens with two attached hydrogens (primary N) is 1. The summed E-state index contributed by atoms with van der Waals surface area (Å²) in [5.74, 6) is 5.84. The maximum Gasteiger partial charge on any atom is 0.272 e. The fraction of sp³-hybridized carbons (Fsp3) is 0.160. The van der Waals surface area contributed by atoms with Crippen LogP contribution in [-0.4, -0.2) is 38.7 Å². The standard InChI is InChI=1S/C25H25N5O3S/c1-2-34-19-11-8-17(9-12-19)24(32)29-22(16-6-4-3-5-7-16)23(31)25(33)30(26)18-10-13-20-21(14-18)28-15-27-20/h3-15,22-23,31H,2,26H2,1H3,(H,27,28)(H,29,32). The van der Waals surface area contributed by atoms with Crippen LogP contribution >= 0.6 is 11.8 Å². The van der Waals surface area contributed by atoms with Gasteiger partial charge in [-0.3, -0.25) is 9.59 Å². The molecule has 2 unspecified atom stereocenters. The lowest BCUT2D eigenvalue weighted by molar-refractivity contribution is -0.128. The number of carbonyl (C=O) groups is 2. The molecule has 0 bridgehead atoms. The Kier molecular flexibility index (Phi) is 7.27. The van der Waals surface area contributed by atoms with Gasteiger partial charge in [0, 0.05) is 10.5 Å². The Morgan fingerprint density at radius 2 is 1.85 bits per heavy atom. The van der Waals surface area contributed by atoms with Crippen LogP contribution in [-0.2, 0) is 4.79 Å². The van der Waals surface area contributed by atoms with E-state index in [-0.39, 0.29) is 0 Å². The average Bonchev–Trinajstić information content (AvgIpc) is 3.35. The van der Waals surface area contributed by atoms with Gasteiger partial charge in [0.25, 0.3) is 11.8 Å². The predicted octanol–water partition coefficient (Wildman–Crippen LogP) is 3.41. The molecular formula is C25H25N5O3S. The summed E-state index contributed by atoms with van der Waals surface area (Å²) in [4.78, 5) is 34.3. The monoisotopic (exact) mass is 475 g/mol. The number of nitrogens with zero attached hydrogens (tertiary/aromatic N) is 2. The number of aromatic amines is 1. The molecule has 4 aromatic rings. The summed E-state index contributed by atoms with van der Waals surface area (Å²) in [6.45, 7) is 2.06. The second kappa shape index (κ2) is 10.5. The van der Waals surface area contributed by atoms with Crippen LogP contribution in [0, 0.1) is 0 Å². The fourth-order valence-electron chi connectivity index (χ4n) is 3.58. The molecule has 8 nitrogen and oxygen atoms in total. The molecule has 0 aliphatic rings. The van der Waals surface area contributed by atoms with E-state index in [1.807, 2.05) is 18.2 Å². The zero-order valence-electron chi connectivity index (χ0n) is 18.5. The van der Waals surface area contributed by atoms with Crippen molar-refractivity contribution >= 4 is 40.3 Å². The predicted molar refractivity (Wildman–Crippen MR) is 133 cm³/mol. The largest absolute Gasteiger partial charge is 0.381 e. The maximum absolute atomic E-state index is 13.1. The minimum Gasteiger partial charge on any atom is -0.381 e. The molecule has 0 aliphatic heterocycles. The summed E-state index contributed by atoms with van der Waals surface area (Å²) in [6, 6.07) is 20.0. The van der Waals surface area contributed by atoms with Crippen LogP contribution in [0.3, 0.4) is 0 Å². The lowest BCUT2D eigenvalue weighted by Gasteiger charge is -2.27. The highest BCUT2D eigenvalue weighted by Gasteiger charge is 2.32. The number of aliphatic hydroxyl groups excluding tert-OH is 1. The lowest BCUT2D eigenvalue weighted by atomic mass is 9.99. The van der Waals surface area contributed by atoms with Gasteiger partial charge in [0.05, 0.1) is 29.1 Å². The molecule has 9 heteroatoms. The van der Waals surface area contributed by atoms with Crippen LogP contribution in [0.5, 0.6) is 0 Å². The molecule has 0 aliphatic carbocycles. The minimum atomic E-state index is -1.62. The Balaban J connectivity index is 1.57. The zero-order chi connectivity index (χ0) is 24.1. The fourth-order valence-corrected chi connectivity index (χ4v) is 4.25. The quantitative estimate of drug-likeness (QED) is 0.134. The van der Waals surface area contributed by atoms with Gasteiger partial charge < -0.3 is 15.4 Å². The number of amides is 2. The second-order valence-corrected chi connectivity index (χ2v) is 8.91. The molecule has 2 amide bonds. The summed E-state index contributed by atoms with van der Waals surface area (Å²) in [6.07, 6.45) is -0.0795. The Morgan fingerprint density at radius 3 is 2.56 bits per heavy atom. The number of anilines is 1. The molecule has 174 valence electrons. The molecule has 0 saturated carbocycles. The van der Waals surface area contributed by atoms with E-state index < -0.39 is 24.0 Å². The number of imidazole rings is 1. The van der Waals surface area contributed by atoms with Gasteiger partial charge in [-0.1, -0.05) is 37.3 Å². The van der Waals surface area contributed by atoms with Crippen molar-refractivity contribution in [2.75, 3.05) is 10.8 Å². The van der Waals surface area contributed by atoms with Crippen molar-refractivity contribution in [3.05, 3.63) is 90.3 Å². The van der Waals surface area contributed by atoms with E-state index >= 15 is 0 Å². The van der Waals surface area contributed by atoms with Gasteiger partial charge >= 0.3 is 0 Å². The summed E-state index contributed by atoms with van der Waals surface area (Å²) in [5, 5.41) is 14.7. The number of carbonyl (C=O) groups excluding carboxylic acids is 2. The number of benzene rings is 3. The van der Waals surface area contributed by atoms with E-state index in [0.29, 0.717) is 22.3 Å². The molecule has 3 aromatic carbocycles. The highest BCUT2D eigenvalue weighted by molar-refractivity contribution is 7.99. The van der Waals surface area contributed by atoms with E-state index in [9.17, 15) is 14.7 Å². The van der Waals surface area contributed by atoms with Crippen molar-refractivity contribution < 1.29 is 14.7 Å². The van der Waals surface area contributed by atoms with Gasteiger partial charge in [-0.2, -0.15) is 0 Å². The third kappa shape index (κ3) is 5.12.